The number of amides is 1. The molecule has 0 saturated carbocycles. The minimum atomic E-state index is -5.08. The molecule has 2 saturated heterocycles. The Morgan fingerprint density at radius 3 is 2.32 bits per heavy atom. The van der Waals surface area contributed by atoms with E-state index in [9.17, 15) is 18.0 Å². The summed E-state index contributed by atoms with van der Waals surface area (Å²) in [6.07, 6.45) is 1.42. The van der Waals surface area contributed by atoms with Crippen molar-refractivity contribution in [1.82, 2.24) is 14.6 Å². The Balaban J connectivity index is 0.000000406. The number of aryl methyl sites for hydroxylation is 2. The van der Waals surface area contributed by atoms with Crippen molar-refractivity contribution in [2.45, 2.75) is 58.7 Å². The van der Waals surface area contributed by atoms with E-state index in [1.807, 2.05) is 6.07 Å². The van der Waals surface area contributed by atoms with Gasteiger partial charge < -0.3 is 14.8 Å². The minimum Gasteiger partial charge on any atom is -0.475 e. The third kappa shape index (κ3) is 5.58. The molecule has 1 aromatic carbocycles. The fraction of sp³-hybridized carbons (Fsp3) is 0.522. The van der Waals surface area contributed by atoms with Crippen LogP contribution in [0.15, 0.2) is 28.9 Å². The number of anilines is 1. The SMILES string of the molecule is Cc1nc(C(=O)Nc2ccc([N+]3(N4CCC[C@@H]4C)CCCC3)cc2C)co1.O=C(O)C(F)(F)F. The summed E-state index contributed by atoms with van der Waals surface area (Å²) in [5, 5.41) is 12.8. The van der Waals surface area contributed by atoms with E-state index in [-0.39, 0.29) is 5.91 Å². The van der Waals surface area contributed by atoms with Crippen molar-refractivity contribution in [3.05, 3.63) is 41.6 Å². The quantitative estimate of drug-likeness (QED) is 0.614. The molecular weight excluding hydrogens is 453 g/mol. The molecule has 1 amide bonds. The predicted octanol–water partition coefficient (Wildman–Crippen LogP) is 4.68. The highest BCUT2D eigenvalue weighted by molar-refractivity contribution is 6.03. The molecule has 2 N–H and O–H groups in total. The number of nitrogens with zero attached hydrogens (tertiary/aromatic N) is 3. The summed E-state index contributed by atoms with van der Waals surface area (Å²) in [5.41, 5.74) is 3.56. The number of carbonyl (C=O) groups excluding carboxylic acids is 1. The Labute approximate surface area is 195 Å². The van der Waals surface area contributed by atoms with E-state index in [1.165, 1.54) is 57.3 Å². The number of rotatable bonds is 4. The molecule has 2 aromatic rings. The molecule has 2 aliphatic heterocycles. The van der Waals surface area contributed by atoms with Crippen LogP contribution in [0.2, 0.25) is 0 Å². The van der Waals surface area contributed by atoms with Crippen LogP contribution in [0.5, 0.6) is 0 Å². The topological polar surface area (TPSA) is 95.7 Å². The standard InChI is InChI=1S/C21H28N4O2.C2HF3O2/c1-15-13-18(25(11-4-5-12-25)24-10-6-7-16(24)2)8-9-19(15)23-21(26)20-14-27-17(3)22-20;3-2(4,5)1(6)7/h8-9,13-14,16H,4-7,10-12H2,1-3H3;(H,6,7)/p+1/t16-;/m0./s1. The zero-order valence-corrected chi connectivity index (χ0v) is 19.5. The van der Waals surface area contributed by atoms with Crippen LogP contribution in [0, 0.1) is 13.8 Å². The molecule has 0 radical (unpaired) electrons. The lowest BCUT2D eigenvalue weighted by Gasteiger charge is -2.43. The van der Waals surface area contributed by atoms with Gasteiger partial charge in [0.05, 0.1) is 6.04 Å². The Morgan fingerprint density at radius 2 is 1.85 bits per heavy atom. The van der Waals surface area contributed by atoms with Gasteiger partial charge >= 0.3 is 12.1 Å². The number of carbonyl (C=O) groups is 2. The van der Waals surface area contributed by atoms with Gasteiger partial charge in [-0.25, -0.2) is 14.4 Å². The van der Waals surface area contributed by atoms with Gasteiger partial charge in [-0.1, -0.05) is 0 Å². The van der Waals surface area contributed by atoms with E-state index >= 15 is 0 Å². The Morgan fingerprint density at radius 1 is 1.21 bits per heavy atom. The van der Waals surface area contributed by atoms with Gasteiger partial charge in [-0.2, -0.15) is 13.2 Å². The molecule has 186 valence electrons. The van der Waals surface area contributed by atoms with Crippen molar-refractivity contribution in [3.8, 4) is 0 Å². The van der Waals surface area contributed by atoms with Crippen LogP contribution < -0.4 is 9.91 Å². The summed E-state index contributed by atoms with van der Waals surface area (Å²) in [7, 11) is 0. The van der Waals surface area contributed by atoms with Crippen LogP contribution in [-0.4, -0.2) is 58.8 Å². The Kier molecular flexibility index (Phi) is 7.67. The summed E-state index contributed by atoms with van der Waals surface area (Å²) in [5.74, 6) is -2.50. The zero-order valence-electron chi connectivity index (χ0n) is 19.5. The zero-order chi connectivity index (χ0) is 25.1. The lowest BCUT2D eigenvalue weighted by molar-refractivity contribution is -0.192. The molecule has 0 spiro atoms. The average molecular weight is 484 g/mol. The average Bonchev–Trinajstić information content (AvgIpc) is 3.50. The van der Waals surface area contributed by atoms with Crippen LogP contribution >= 0.6 is 0 Å². The molecule has 0 aliphatic carbocycles. The van der Waals surface area contributed by atoms with E-state index in [0.717, 1.165) is 15.8 Å². The largest absolute Gasteiger partial charge is 0.490 e. The van der Waals surface area contributed by atoms with Crippen molar-refractivity contribution in [1.29, 1.82) is 0 Å². The normalized spacial score (nSPS) is 20.0. The van der Waals surface area contributed by atoms with E-state index in [2.05, 4.69) is 41.3 Å². The summed E-state index contributed by atoms with van der Waals surface area (Å²) in [4.78, 5) is 25.4. The maximum Gasteiger partial charge on any atom is 0.490 e. The highest BCUT2D eigenvalue weighted by Crippen LogP contribution is 2.38. The fourth-order valence-electron chi connectivity index (χ4n) is 4.71. The number of aliphatic carboxylic acids is 1. The highest BCUT2D eigenvalue weighted by atomic mass is 19.4. The molecule has 2 aliphatic rings. The molecule has 11 heteroatoms. The molecule has 1 atom stereocenters. The van der Waals surface area contributed by atoms with Gasteiger partial charge in [-0.3, -0.25) is 4.79 Å². The number of alkyl halides is 3. The second-order valence-electron chi connectivity index (χ2n) is 8.74. The van der Waals surface area contributed by atoms with Crippen molar-refractivity contribution in [2.75, 3.05) is 25.0 Å². The number of carboxylic acid groups (broad SMARTS) is 1. The molecule has 0 unspecified atom stereocenters. The van der Waals surface area contributed by atoms with Gasteiger partial charge in [0, 0.05) is 44.1 Å². The van der Waals surface area contributed by atoms with Crippen LogP contribution in [-0.2, 0) is 4.79 Å². The van der Waals surface area contributed by atoms with Crippen molar-refractivity contribution in [2.24, 2.45) is 0 Å². The Bertz CT molecular complexity index is 1030. The third-order valence-corrected chi connectivity index (χ3v) is 6.35. The van der Waals surface area contributed by atoms with Crippen molar-refractivity contribution in [3.63, 3.8) is 0 Å². The summed E-state index contributed by atoms with van der Waals surface area (Å²) in [6, 6.07) is 7.10. The van der Waals surface area contributed by atoms with Gasteiger partial charge in [-0.15, -0.1) is 5.01 Å². The number of hydrogen-bond donors (Lipinski definition) is 2. The highest BCUT2D eigenvalue weighted by Gasteiger charge is 2.45. The van der Waals surface area contributed by atoms with Gasteiger partial charge in [0.25, 0.3) is 5.91 Å². The molecular formula is C23H30F3N4O4+. The van der Waals surface area contributed by atoms with Crippen LogP contribution in [0.4, 0.5) is 24.5 Å². The summed E-state index contributed by atoms with van der Waals surface area (Å²) in [6.45, 7) is 9.67. The van der Waals surface area contributed by atoms with Crippen LogP contribution in [0.1, 0.15) is 54.5 Å². The lowest BCUT2D eigenvalue weighted by atomic mass is 10.1. The smallest absolute Gasteiger partial charge is 0.475 e. The predicted molar refractivity (Wildman–Crippen MR) is 120 cm³/mol. The van der Waals surface area contributed by atoms with Gasteiger partial charge in [0.1, 0.15) is 19.4 Å². The number of hydrogen-bond acceptors (Lipinski definition) is 5. The third-order valence-electron chi connectivity index (χ3n) is 6.35. The number of halogens is 3. The first-order valence-electron chi connectivity index (χ1n) is 11.2. The summed E-state index contributed by atoms with van der Waals surface area (Å²) < 4.78 is 37.8. The molecule has 8 nitrogen and oxygen atoms in total. The Hall–Kier alpha value is -2.92. The second kappa shape index (κ2) is 10.1. The van der Waals surface area contributed by atoms with E-state index < -0.39 is 12.1 Å². The summed E-state index contributed by atoms with van der Waals surface area (Å²) >= 11 is 0. The molecule has 0 bridgehead atoms. The number of nitrogens with one attached hydrogen (secondary N) is 1. The van der Waals surface area contributed by atoms with E-state index in [0.29, 0.717) is 17.6 Å². The lowest BCUT2D eigenvalue weighted by Crippen LogP contribution is -2.61. The monoisotopic (exact) mass is 483 g/mol. The van der Waals surface area contributed by atoms with E-state index in [1.54, 1.807) is 6.92 Å². The first-order chi connectivity index (χ1) is 15.9. The molecule has 3 heterocycles. The second-order valence-corrected chi connectivity index (χ2v) is 8.74. The van der Waals surface area contributed by atoms with Crippen molar-refractivity contribution >= 4 is 23.3 Å². The molecule has 2 fully saturated rings. The fourth-order valence-corrected chi connectivity index (χ4v) is 4.71. The minimum absolute atomic E-state index is 0.235. The number of carboxylic acids is 1. The maximum atomic E-state index is 12.4. The van der Waals surface area contributed by atoms with E-state index in [4.69, 9.17) is 14.3 Å². The number of benzene rings is 1. The molecule has 1 aromatic heterocycles. The van der Waals surface area contributed by atoms with Gasteiger partial charge in [0.15, 0.2) is 17.3 Å². The van der Waals surface area contributed by atoms with Crippen molar-refractivity contribution < 1.29 is 32.3 Å². The molecule has 34 heavy (non-hydrogen) atoms. The van der Waals surface area contributed by atoms with Crippen LogP contribution in [0.25, 0.3) is 0 Å². The molecule has 4 rings (SSSR count). The number of quaternary nitrogens is 1. The number of aromatic nitrogens is 1. The van der Waals surface area contributed by atoms with Gasteiger partial charge in [0.2, 0.25) is 0 Å². The first kappa shape index (κ1) is 25.7. The number of oxazole rings is 1. The first-order valence-corrected chi connectivity index (χ1v) is 11.2. The van der Waals surface area contributed by atoms with Gasteiger partial charge in [-0.05, 0) is 38.3 Å². The van der Waals surface area contributed by atoms with Crippen LogP contribution in [0.3, 0.4) is 0 Å². The maximum absolute atomic E-state index is 12.4.